The number of morpholine rings is 1. The molecular formula is C14H18N2O5. The third-order valence-electron chi connectivity index (χ3n) is 3.78. The Morgan fingerprint density at radius 1 is 1.29 bits per heavy atom. The van der Waals surface area contributed by atoms with Crippen molar-refractivity contribution in [3.63, 3.8) is 0 Å². The molecule has 1 atom stereocenters. The van der Waals surface area contributed by atoms with Crippen LogP contribution in [0, 0.1) is 10.1 Å². The average molecular weight is 294 g/mol. The molecule has 1 fully saturated rings. The van der Waals surface area contributed by atoms with Gasteiger partial charge in [-0.2, -0.15) is 0 Å². The van der Waals surface area contributed by atoms with Crippen molar-refractivity contribution < 1.29 is 19.1 Å². The van der Waals surface area contributed by atoms with E-state index < -0.39 is 10.7 Å². The Bertz CT molecular complexity index is 544. The van der Waals surface area contributed by atoms with E-state index in [1.165, 1.54) is 12.1 Å². The van der Waals surface area contributed by atoms with Crippen LogP contribution in [0.4, 0.5) is 5.69 Å². The second kappa shape index (κ2) is 5.50. The van der Waals surface area contributed by atoms with Crippen molar-refractivity contribution in [2.24, 2.45) is 0 Å². The number of fused-ring (bicyclic) bond motifs is 1. The fourth-order valence-electron chi connectivity index (χ4n) is 2.55. The highest BCUT2D eigenvalue weighted by Crippen LogP contribution is 2.42. The van der Waals surface area contributed by atoms with Gasteiger partial charge in [-0.25, -0.2) is 0 Å². The summed E-state index contributed by atoms with van der Waals surface area (Å²) in [6.45, 7) is 6.04. The van der Waals surface area contributed by atoms with Crippen LogP contribution in [-0.2, 0) is 4.74 Å². The molecule has 0 amide bonds. The molecule has 0 aromatic heterocycles. The fourth-order valence-corrected chi connectivity index (χ4v) is 2.55. The summed E-state index contributed by atoms with van der Waals surface area (Å²) in [4.78, 5) is 12.6. The van der Waals surface area contributed by atoms with E-state index in [9.17, 15) is 10.1 Å². The maximum atomic E-state index is 10.8. The van der Waals surface area contributed by atoms with Gasteiger partial charge in [-0.1, -0.05) is 0 Å². The van der Waals surface area contributed by atoms with E-state index in [4.69, 9.17) is 14.2 Å². The van der Waals surface area contributed by atoms with E-state index in [0.717, 1.165) is 32.8 Å². The van der Waals surface area contributed by atoms with Gasteiger partial charge in [-0.3, -0.25) is 15.0 Å². The summed E-state index contributed by atoms with van der Waals surface area (Å²) in [5.74, 6) is 0.231. The second-order valence-electron chi connectivity index (χ2n) is 5.43. The molecule has 7 nitrogen and oxygen atoms in total. The lowest BCUT2D eigenvalue weighted by molar-refractivity contribution is -0.384. The second-order valence-corrected chi connectivity index (χ2v) is 5.43. The minimum Gasteiger partial charge on any atom is -0.449 e. The number of nitro groups is 1. The summed E-state index contributed by atoms with van der Waals surface area (Å²) in [6.07, 6.45) is 0.690. The number of nitro benzene ring substituents is 1. The first-order valence-corrected chi connectivity index (χ1v) is 7.02. The van der Waals surface area contributed by atoms with Crippen LogP contribution in [0.1, 0.15) is 13.3 Å². The van der Waals surface area contributed by atoms with Gasteiger partial charge in [0.05, 0.1) is 24.2 Å². The normalized spacial score (nSPS) is 25.0. The monoisotopic (exact) mass is 294 g/mol. The zero-order valence-corrected chi connectivity index (χ0v) is 11.9. The maximum Gasteiger partial charge on any atom is 0.273 e. The first kappa shape index (κ1) is 14.1. The van der Waals surface area contributed by atoms with Crippen LogP contribution < -0.4 is 9.47 Å². The Morgan fingerprint density at radius 2 is 2.00 bits per heavy atom. The number of non-ortho nitro benzene ring substituents is 1. The van der Waals surface area contributed by atoms with Crippen LogP contribution in [0.5, 0.6) is 11.5 Å². The summed E-state index contributed by atoms with van der Waals surface area (Å²) in [6, 6.07) is 4.43. The Morgan fingerprint density at radius 3 is 2.71 bits per heavy atom. The predicted octanol–water partition coefficient (Wildman–Crippen LogP) is 1.80. The van der Waals surface area contributed by atoms with E-state index in [-0.39, 0.29) is 5.69 Å². The molecule has 114 valence electrons. The summed E-state index contributed by atoms with van der Waals surface area (Å²) < 4.78 is 16.9. The highest BCUT2D eigenvalue weighted by Gasteiger charge is 2.37. The van der Waals surface area contributed by atoms with Crippen LogP contribution in [-0.4, -0.2) is 48.5 Å². The van der Waals surface area contributed by atoms with E-state index in [2.05, 4.69) is 4.90 Å². The van der Waals surface area contributed by atoms with Gasteiger partial charge in [0.2, 0.25) is 5.79 Å². The van der Waals surface area contributed by atoms with Gasteiger partial charge in [-0.15, -0.1) is 0 Å². The molecule has 0 saturated carbocycles. The van der Waals surface area contributed by atoms with E-state index in [1.807, 2.05) is 6.92 Å². The zero-order chi connectivity index (χ0) is 14.9. The van der Waals surface area contributed by atoms with Crippen molar-refractivity contribution in [2.75, 3.05) is 32.8 Å². The van der Waals surface area contributed by atoms with Gasteiger partial charge in [0, 0.05) is 39.0 Å². The summed E-state index contributed by atoms with van der Waals surface area (Å²) in [5, 5.41) is 10.8. The Balaban J connectivity index is 1.63. The van der Waals surface area contributed by atoms with Crippen LogP contribution in [0.2, 0.25) is 0 Å². The molecule has 0 aliphatic carbocycles. The van der Waals surface area contributed by atoms with E-state index in [1.54, 1.807) is 6.07 Å². The summed E-state index contributed by atoms with van der Waals surface area (Å²) in [5.41, 5.74) is 0.00905. The lowest BCUT2D eigenvalue weighted by atomic mass is 10.2. The van der Waals surface area contributed by atoms with Gasteiger partial charge in [0.15, 0.2) is 11.5 Å². The highest BCUT2D eigenvalue weighted by molar-refractivity contribution is 5.50. The van der Waals surface area contributed by atoms with Crippen molar-refractivity contribution in [1.82, 2.24) is 4.90 Å². The van der Waals surface area contributed by atoms with Crippen molar-refractivity contribution >= 4 is 5.69 Å². The largest absolute Gasteiger partial charge is 0.449 e. The van der Waals surface area contributed by atoms with E-state index in [0.29, 0.717) is 17.9 Å². The van der Waals surface area contributed by atoms with Gasteiger partial charge in [0.25, 0.3) is 5.69 Å². The zero-order valence-electron chi connectivity index (χ0n) is 11.9. The molecule has 0 radical (unpaired) electrons. The summed E-state index contributed by atoms with van der Waals surface area (Å²) >= 11 is 0. The van der Waals surface area contributed by atoms with Crippen molar-refractivity contribution in [3.05, 3.63) is 28.3 Å². The molecule has 2 heterocycles. The van der Waals surface area contributed by atoms with E-state index >= 15 is 0 Å². The topological polar surface area (TPSA) is 74.1 Å². The van der Waals surface area contributed by atoms with Gasteiger partial charge in [-0.05, 0) is 6.07 Å². The molecule has 0 bridgehead atoms. The number of ether oxygens (including phenoxy) is 3. The number of hydrogen-bond acceptors (Lipinski definition) is 6. The molecule has 3 rings (SSSR count). The minimum atomic E-state index is -0.768. The number of nitrogens with zero attached hydrogens (tertiary/aromatic N) is 2. The Kier molecular flexibility index (Phi) is 3.69. The lowest BCUT2D eigenvalue weighted by Gasteiger charge is -2.30. The van der Waals surface area contributed by atoms with Crippen LogP contribution in [0.3, 0.4) is 0 Å². The van der Waals surface area contributed by atoms with Crippen molar-refractivity contribution in [2.45, 2.75) is 19.1 Å². The quantitative estimate of drug-likeness (QED) is 0.623. The average Bonchev–Trinajstić information content (AvgIpc) is 2.82. The molecule has 1 unspecified atom stereocenters. The number of rotatable bonds is 4. The third-order valence-corrected chi connectivity index (χ3v) is 3.78. The molecule has 21 heavy (non-hydrogen) atoms. The van der Waals surface area contributed by atoms with Crippen LogP contribution in [0.15, 0.2) is 18.2 Å². The molecule has 1 aromatic rings. The molecule has 1 saturated heterocycles. The Labute approximate surface area is 122 Å². The Hall–Kier alpha value is -1.86. The van der Waals surface area contributed by atoms with Crippen molar-refractivity contribution in [3.8, 4) is 11.5 Å². The van der Waals surface area contributed by atoms with Crippen LogP contribution in [0.25, 0.3) is 0 Å². The lowest BCUT2D eigenvalue weighted by Crippen LogP contribution is -2.43. The molecule has 0 N–H and O–H groups in total. The SMILES string of the molecule is CC1(CCN2CCOCC2)Oc2ccc([N+](=O)[O-])cc2O1. The third kappa shape index (κ3) is 3.08. The van der Waals surface area contributed by atoms with Crippen molar-refractivity contribution in [1.29, 1.82) is 0 Å². The smallest absolute Gasteiger partial charge is 0.273 e. The van der Waals surface area contributed by atoms with Crippen LogP contribution >= 0.6 is 0 Å². The highest BCUT2D eigenvalue weighted by atomic mass is 16.7. The summed E-state index contributed by atoms with van der Waals surface area (Å²) in [7, 11) is 0. The molecule has 2 aliphatic heterocycles. The predicted molar refractivity (Wildman–Crippen MR) is 74.6 cm³/mol. The van der Waals surface area contributed by atoms with Gasteiger partial charge >= 0.3 is 0 Å². The molecule has 1 aromatic carbocycles. The molecule has 2 aliphatic rings. The fraction of sp³-hybridized carbons (Fsp3) is 0.571. The van der Waals surface area contributed by atoms with Gasteiger partial charge in [0.1, 0.15) is 0 Å². The number of benzene rings is 1. The minimum absolute atomic E-state index is 0.00905. The van der Waals surface area contributed by atoms with Gasteiger partial charge < -0.3 is 14.2 Å². The maximum absolute atomic E-state index is 10.8. The standard InChI is InChI=1S/C14H18N2O5/c1-14(4-5-15-6-8-19-9-7-15)20-12-3-2-11(16(17)18)10-13(12)21-14/h2-3,10H,4-9H2,1H3. The molecule has 7 heteroatoms. The first-order chi connectivity index (χ1) is 10.1. The molecule has 0 spiro atoms. The number of hydrogen-bond donors (Lipinski definition) is 0. The molecular weight excluding hydrogens is 276 g/mol. The first-order valence-electron chi connectivity index (χ1n) is 7.02.